The van der Waals surface area contributed by atoms with Crippen molar-refractivity contribution in [3.8, 4) is 0 Å². The van der Waals surface area contributed by atoms with Gasteiger partial charge in [-0.1, -0.05) is 64.7 Å². The average Bonchev–Trinajstić information content (AvgIpc) is 2.09. The van der Waals surface area contributed by atoms with E-state index in [4.69, 9.17) is 5.21 Å². The first-order valence-electron chi connectivity index (χ1n) is 5.42. The van der Waals surface area contributed by atoms with Crippen LogP contribution in [0.5, 0.6) is 0 Å². The van der Waals surface area contributed by atoms with Crippen LogP contribution in [0.25, 0.3) is 0 Å². The Balaban J connectivity index is 2.84. The molecule has 0 aromatic rings. The first-order valence-corrected chi connectivity index (χ1v) is 5.82. The maximum Gasteiger partial charge on any atom is 0.0351 e. The predicted octanol–water partition coefficient (Wildman–Crippen LogP) is 3.66. The zero-order valence-corrected chi connectivity index (χ0v) is 9.60. The van der Waals surface area contributed by atoms with Gasteiger partial charge in [0.25, 0.3) is 0 Å². The van der Waals surface area contributed by atoms with Gasteiger partial charge in [-0.15, -0.1) is 4.47 Å². The summed E-state index contributed by atoms with van der Waals surface area (Å²) < 4.78 is 0.969. The highest BCUT2D eigenvalue weighted by Crippen LogP contribution is 2.08. The number of hydrogen-bond acceptors (Lipinski definition) is 3. The molecule has 80 valence electrons. The minimum Gasteiger partial charge on any atom is -0.304 e. The van der Waals surface area contributed by atoms with E-state index in [2.05, 4.69) is 19.7 Å². The van der Waals surface area contributed by atoms with Gasteiger partial charge in [-0.3, -0.25) is 0 Å². The van der Waals surface area contributed by atoms with Gasteiger partial charge in [0.1, 0.15) is 0 Å². The molecule has 0 atom stereocenters. The molecule has 0 saturated heterocycles. The lowest BCUT2D eigenvalue weighted by Gasteiger charge is -2.05. The normalized spacial score (nSPS) is 11.1. The molecule has 0 aromatic heterocycles. The first kappa shape index (κ1) is 13.3. The third-order valence-corrected chi connectivity index (χ3v) is 2.41. The van der Waals surface area contributed by atoms with Gasteiger partial charge >= 0.3 is 0 Å². The van der Waals surface area contributed by atoms with E-state index >= 15 is 0 Å². The van der Waals surface area contributed by atoms with Gasteiger partial charge in [-0.25, -0.2) is 0 Å². The Morgan fingerprint density at radius 3 is 1.85 bits per heavy atom. The largest absolute Gasteiger partial charge is 0.304 e. The average molecular weight is 205 g/mol. The van der Waals surface area contributed by atoms with Crippen molar-refractivity contribution in [3.63, 3.8) is 0 Å². The lowest BCUT2D eigenvalue weighted by atomic mass is 10.1. The van der Waals surface area contributed by atoms with Gasteiger partial charge in [0, 0.05) is 6.54 Å². The van der Waals surface area contributed by atoms with Crippen molar-refractivity contribution in [3.05, 3.63) is 0 Å². The van der Waals surface area contributed by atoms with Crippen LogP contribution in [0.2, 0.25) is 0 Å². The summed E-state index contributed by atoms with van der Waals surface area (Å²) in [5.74, 6) is 0. The molecule has 0 amide bonds. The Bertz CT molecular complexity index is 98.9. The van der Waals surface area contributed by atoms with Crippen molar-refractivity contribution in [1.82, 2.24) is 4.47 Å². The zero-order chi connectivity index (χ0) is 9.94. The molecule has 0 aliphatic carbocycles. The molecule has 1 N–H and O–H groups in total. The second kappa shape index (κ2) is 10.4. The molecular weight excluding hydrogens is 182 g/mol. The van der Waals surface area contributed by atoms with Crippen LogP contribution in [-0.4, -0.2) is 16.2 Å². The Morgan fingerprint density at radius 2 is 1.38 bits per heavy atom. The number of nitrogens with zero attached hydrogens (tertiary/aromatic N) is 1. The van der Waals surface area contributed by atoms with E-state index in [9.17, 15) is 0 Å². The molecule has 3 heteroatoms. The summed E-state index contributed by atoms with van der Waals surface area (Å²) in [6, 6.07) is 0. The van der Waals surface area contributed by atoms with Crippen LogP contribution in [-0.2, 0) is 0 Å². The molecule has 13 heavy (non-hydrogen) atoms. The van der Waals surface area contributed by atoms with E-state index in [1.807, 2.05) is 0 Å². The lowest BCUT2D eigenvalue weighted by molar-refractivity contribution is 0.0184. The SMILES string of the molecule is CCCCCCCCCCN(O)S. The van der Waals surface area contributed by atoms with Gasteiger partial charge in [0.2, 0.25) is 0 Å². The van der Waals surface area contributed by atoms with E-state index in [-0.39, 0.29) is 0 Å². The molecule has 0 spiro atoms. The fourth-order valence-corrected chi connectivity index (χ4v) is 1.53. The molecule has 0 rings (SSSR count). The highest BCUT2D eigenvalue weighted by atomic mass is 32.1. The van der Waals surface area contributed by atoms with Crippen molar-refractivity contribution < 1.29 is 5.21 Å². The predicted molar refractivity (Wildman–Crippen MR) is 60.1 cm³/mol. The highest BCUT2D eigenvalue weighted by Gasteiger charge is 1.93. The van der Waals surface area contributed by atoms with Gasteiger partial charge in [-0.2, -0.15) is 0 Å². The number of hydrogen-bond donors (Lipinski definition) is 2. The molecular formula is C10H23NOS. The van der Waals surface area contributed by atoms with Gasteiger partial charge in [0.05, 0.1) is 0 Å². The highest BCUT2D eigenvalue weighted by molar-refractivity contribution is 7.77. The number of hydroxylamine groups is 1. The zero-order valence-electron chi connectivity index (χ0n) is 8.71. The Kier molecular flexibility index (Phi) is 10.6. The molecule has 2 nitrogen and oxygen atoms in total. The standard InChI is InChI=1S/C10H23NOS/c1-2-3-4-5-6-7-8-9-10-11(12)13/h12-13H,2-10H2,1H3. The van der Waals surface area contributed by atoms with E-state index < -0.39 is 0 Å². The summed E-state index contributed by atoms with van der Waals surface area (Å²) in [7, 11) is 0. The van der Waals surface area contributed by atoms with E-state index in [1.165, 1.54) is 44.9 Å². The Labute approximate surface area is 87.8 Å². The van der Waals surface area contributed by atoms with Crippen LogP contribution >= 0.6 is 12.8 Å². The van der Waals surface area contributed by atoms with Crippen molar-refractivity contribution in [2.75, 3.05) is 6.54 Å². The topological polar surface area (TPSA) is 23.5 Å². The smallest absolute Gasteiger partial charge is 0.0351 e. The summed E-state index contributed by atoms with van der Waals surface area (Å²) in [5.41, 5.74) is 0. The van der Waals surface area contributed by atoms with Gasteiger partial charge < -0.3 is 5.21 Å². The van der Waals surface area contributed by atoms with Gasteiger partial charge in [0.15, 0.2) is 0 Å². The van der Waals surface area contributed by atoms with E-state index in [1.54, 1.807) is 0 Å². The monoisotopic (exact) mass is 205 g/mol. The Hall–Kier alpha value is 0.270. The molecule has 0 bridgehead atoms. The van der Waals surface area contributed by atoms with Crippen molar-refractivity contribution in [2.45, 2.75) is 58.3 Å². The molecule has 0 aliphatic heterocycles. The second-order valence-corrected chi connectivity index (χ2v) is 4.03. The third kappa shape index (κ3) is 12.3. The Morgan fingerprint density at radius 1 is 0.923 bits per heavy atom. The fraction of sp³-hybridized carbons (Fsp3) is 1.00. The maximum absolute atomic E-state index is 8.72. The minimum atomic E-state index is 0.679. The first-order chi connectivity index (χ1) is 6.27. The quantitative estimate of drug-likeness (QED) is 0.341. The summed E-state index contributed by atoms with van der Waals surface area (Å²) in [6.45, 7) is 2.92. The molecule has 0 fully saturated rings. The van der Waals surface area contributed by atoms with Crippen LogP contribution in [0, 0.1) is 0 Å². The molecule has 0 aliphatic rings. The summed E-state index contributed by atoms with van der Waals surface area (Å²) in [6.07, 6.45) is 10.4. The van der Waals surface area contributed by atoms with Crippen LogP contribution in [0.4, 0.5) is 0 Å². The van der Waals surface area contributed by atoms with Crippen molar-refractivity contribution in [1.29, 1.82) is 0 Å². The number of unbranched alkanes of at least 4 members (excludes halogenated alkanes) is 7. The summed E-state index contributed by atoms with van der Waals surface area (Å²) >= 11 is 3.76. The summed E-state index contributed by atoms with van der Waals surface area (Å²) in [4.78, 5) is 0. The van der Waals surface area contributed by atoms with Gasteiger partial charge in [-0.05, 0) is 6.42 Å². The van der Waals surface area contributed by atoms with Crippen molar-refractivity contribution in [2.24, 2.45) is 0 Å². The van der Waals surface area contributed by atoms with E-state index in [0.717, 1.165) is 10.9 Å². The molecule has 0 heterocycles. The van der Waals surface area contributed by atoms with Crippen LogP contribution in [0.3, 0.4) is 0 Å². The van der Waals surface area contributed by atoms with Crippen LogP contribution < -0.4 is 0 Å². The molecule has 0 radical (unpaired) electrons. The van der Waals surface area contributed by atoms with Crippen molar-refractivity contribution >= 4 is 12.8 Å². The maximum atomic E-state index is 8.72. The fourth-order valence-electron chi connectivity index (χ4n) is 1.39. The lowest BCUT2D eigenvalue weighted by Crippen LogP contribution is -2.06. The molecule has 0 unspecified atom stereocenters. The van der Waals surface area contributed by atoms with E-state index in [0.29, 0.717) is 6.54 Å². The van der Waals surface area contributed by atoms with Crippen LogP contribution in [0.1, 0.15) is 58.3 Å². The third-order valence-electron chi connectivity index (χ3n) is 2.21. The summed E-state index contributed by atoms with van der Waals surface area (Å²) in [5, 5.41) is 8.72. The number of rotatable bonds is 9. The molecule has 0 saturated carbocycles. The second-order valence-electron chi connectivity index (χ2n) is 3.57. The van der Waals surface area contributed by atoms with Crippen LogP contribution in [0.15, 0.2) is 0 Å². The molecule has 0 aromatic carbocycles. The minimum absolute atomic E-state index is 0.679. The number of thiol groups is 1.